The number of para-hydroxylation sites is 1. The lowest BCUT2D eigenvalue weighted by Crippen LogP contribution is -3.16. The van der Waals surface area contributed by atoms with Crippen molar-refractivity contribution in [1.82, 2.24) is 0 Å². The smallest absolute Gasteiger partial charge is 0.159 e. The first-order chi connectivity index (χ1) is 13.4. The van der Waals surface area contributed by atoms with Gasteiger partial charge in [0, 0.05) is 11.3 Å². The topological polar surface area (TPSA) is 54.2 Å². The molecule has 28 heavy (non-hydrogen) atoms. The number of nitrogens with zero attached hydrogens (tertiary/aromatic N) is 1. The van der Waals surface area contributed by atoms with Gasteiger partial charge in [0.15, 0.2) is 11.5 Å². The third-order valence-electron chi connectivity index (χ3n) is 4.97. The molecule has 0 aromatic heterocycles. The Labute approximate surface area is 175 Å². The number of anilines is 1. The van der Waals surface area contributed by atoms with Gasteiger partial charge in [0.25, 0.3) is 0 Å². The van der Waals surface area contributed by atoms with Gasteiger partial charge in [-0.1, -0.05) is 29.3 Å². The second-order valence-electron chi connectivity index (χ2n) is 7.06. The molecule has 1 atom stereocenters. The van der Waals surface area contributed by atoms with Gasteiger partial charge in [0.1, 0.15) is 19.3 Å². The molecule has 2 aromatic rings. The van der Waals surface area contributed by atoms with Crippen LogP contribution >= 0.6 is 23.2 Å². The number of carbonyl (C=O) groups excluding carboxylic acids is 1. The number of Topliss-reactive ketones (excluding diaryl/α,β-unsaturated/α-hetero) is 1. The Bertz CT molecular complexity index is 786. The number of aliphatic hydroxyl groups excluding tert-OH is 1. The van der Waals surface area contributed by atoms with Crippen LogP contribution in [0.1, 0.15) is 17.3 Å². The number of hydrogen-bond donors (Lipinski definition) is 2. The van der Waals surface area contributed by atoms with E-state index in [1.807, 2.05) is 24.3 Å². The van der Waals surface area contributed by atoms with E-state index in [0.29, 0.717) is 22.3 Å². The van der Waals surface area contributed by atoms with Crippen LogP contribution in [0.4, 0.5) is 5.69 Å². The van der Waals surface area contributed by atoms with Gasteiger partial charge in [-0.05, 0) is 43.3 Å². The van der Waals surface area contributed by atoms with Gasteiger partial charge < -0.3 is 19.6 Å². The maximum Gasteiger partial charge on any atom is 0.159 e. The number of ether oxygens (including phenoxy) is 1. The fraction of sp³-hybridized carbons (Fsp3) is 0.381. The van der Waals surface area contributed by atoms with Gasteiger partial charge in [-0.25, -0.2) is 0 Å². The number of ketones is 1. The molecular formula is C21H25Cl2N2O3+. The summed E-state index contributed by atoms with van der Waals surface area (Å²) in [4.78, 5) is 15.0. The molecule has 5 nitrogen and oxygen atoms in total. The first kappa shape index (κ1) is 20.9. The van der Waals surface area contributed by atoms with Crippen molar-refractivity contribution in [3.05, 3.63) is 58.1 Å². The summed E-state index contributed by atoms with van der Waals surface area (Å²) < 4.78 is 5.63. The van der Waals surface area contributed by atoms with Crippen molar-refractivity contribution in [2.24, 2.45) is 0 Å². The highest BCUT2D eigenvalue weighted by Crippen LogP contribution is 2.32. The van der Waals surface area contributed by atoms with E-state index < -0.39 is 6.10 Å². The van der Waals surface area contributed by atoms with Gasteiger partial charge in [0.2, 0.25) is 0 Å². The van der Waals surface area contributed by atoms with Crippen LogP contribution in [-0.4, -0.2) is 56.3 Å². The number of hydrogen-bond acceptors (Lipinski definition) is 4. The zero-order valence-corrected chi connectivity index (χ0v) is 17.3. The van der Waals surface area contributed by atoms with Crippen molar-refractivity contribution in [2.75, 3.05) is 44.2 Å². The van der Waals surface area contributed by atoms with Crippen LogP contribution in [0.5, 0.6) is 5.75 Å². The summed E-state index contributed by atoms with van der Waals surface area (Å²) in [6.45, 7) is 6.00. The average molecular weight is 424 g/mol. The largest absolute Gasteiger partial charge is 0.488 e. The number of rotatable bonds is 7. The highest BCUT2D eigenvalue weighted by Gasteiger charge is 2.23. The molecule has 3 rings (SSSR count). The summed E-state index contributed by atoms with van der Waals surface area (Å²) in [6, 6.07) is 12.9. The monoisotopic (exact) mass is 423 g/mol. The molecule has 2 N–H and O–H groups in total. The molecule has 0 saturated carbocycles. The van der Waals surface area contributed by atoms with E-state index in [1.54, 1.807) is 25.1 Å². The van der Waals surface area contributed by atoms with Crippen LogP contribution in [0.25, 0.3) is 0 Å². The molecule has 1 aliphatic heterocycles. The van der Waals surface area contributed by atoms with Crippen molar-refractivity contribution in [3.8, 4) is 5.75 Å². The molecule has 150 valence electrons. The normalized spacial score (nSPS) is 16.1. The van der Waals surface area contributed by atoms with Crippen LogP contribution in [0.15, 0.2) is 42.5 Å². The number of halogens is 2. The zero-order valence-electron chi connectivity index (χ0n) is 15.8. The molecule has 2 aromatic carbocycles. The molecule has 0 spiro atoms. The Morgan fingerprint density at radius 3 is 2.32 bits per heavy atom. The summed E-state index contributed by atoms with van der Waals surface area (Å²) in [5.41, 5.74) is 1.86. The quantitative estimate of drug-likeness (QED) is 0.671. The molecular weight excluding hydrogens is 399 g/mol. The van der Waals surface area contributed by atoms with Gasteiger partial charge >= 0.3 is 0 Å². The number of piperazine rings is 1. The summed E-state index contributed by atoms with van der Waals surface area (Å²) >= 11 is 12.2. The summed E-state index contributed by atoms with van der Waals surface area (Å²) in [5, 5.41) is 11.2. The maximum atomic E-state index is 11.4. The van der Waals surface area contributed by atoms with E-state index in [9.17, 15) is 9.90 Å². The molecule has 0 aliphatic carbocycles. The highest BCUT2D eigenvalue weighted by atomic mass is 35.5. The van der Waals surface area contributed by atoms with E-state index in [4.69, 9.17) is 27.9 Å². The lowest BCUT2D eigenvalue weighted by molar-refractivity contribution is -0.903. The lowest BCUT2D eigenvalue weighted by atomic mass is 10.1. The number of benzene rings is 2. The first-order valence-electron chi connectivity index (χ1n) is 9.38. The standard InChI is InChI=1S/C21H24Cl2N2O3/c1-15(26)16-5-7-17(8-6-16)25-11-9-24(10-12-25)13-18(27)14-28-21-19(22)3-2-4-20(21)23/h2-8,18,27H,9-14H2,1H3/p+1/t18-/m0/s1. The molecule has 0 unspecified atom stereocenters. The van der Waals surface area contributed by atoms with Gasteiger partial charge in [-0.2, -0.15) is 0 Å². The Balaban J connectivity index is 1.45. The van der Waals surface area contributed by atoms with Crippen molar-refractivity contribution in [2.45, 2.75) is 13.0 Å². The van der Waals surface area contributed by atoms with E-state index in [0.717, 1.165) is 37.4 Å². The summed E-state index contributed by atoms with van der Waals surface area (Å²) in [5.74, 6) is 0.494. The zero-order chi connectivity index (χ0) is 20.1. The van der Waals surface area contributed by atoms with Crippen molar-refractivity contribution < 1.29 is 19.5 Å². The number of aliphatic hydroxyl groups is 1. The van der Waals surface area contributed by atoms with Crippen molar-refractivity contribution in [1.29, 1.82) is 0 Å². The summed E-state index contributed by atoms with van der Waals surface area (Å²) in [6.07, 6.45) is -0.594. The van der Waals surface area contributed by atoms with Crippen molar-refractivity contribution in [3.63, 3.8) is 0 Å². The fourth-order valence-corrected chi connectivity index (χ4v) is 3.89. The van der Waals surface area contributed by atoms with Gasteiger partial charge in [0.05, 0.1) is 36.2 Å². The van der Waals surface area contributed by atoms with Crippen LogP contribution in [0, 0.1) is 0 Å². The minimum Gasteiger partial charge on any atom is -0.488 e. The van der Waals surface area contributed by atoms with Crippen LogP contribution in [0.2, 0.25) is 10.0 Å². The third kappa shape index (κ3) is 5.39. The van der Waals surface area contributed by atoms with Gasteiger partial charge in [-0.15, -0.1) is 0 Å². The second-order valence-corrected chi connectivity index (χ2v) is 7.87. The Morgan fingerprint density at radius 2 is 1.75 bits per heavy atom. The highest BCUT2D eigenvalue weighted by molar-refractivity contribution is 6.37. The number of nitrogens with one attached hydrogen (secondary N) is 1. The molecule has 1 heterocycles. The van der Waals surface area contributed by atoms with Gasteiger partial charge in [-0.3, -0.25) is 4.79 Å². The summed E-state index contributed by atoms with van der Waals surface area (Å²) in [7, 11) is 0. The molecule has 0 radical (unpaired) electrons. The molecule has 1 saturated heterocycles. The van der Waals surface area contributed by atoms with Crippen molar-refractivity contribution >= 4 is 34.7 Å². The molecule has 0 bridgehead atoms. The Morgan fingerprint density at radius 1 is 1.14 bits per heavy atom. The average Bonchev–Trinajstić information content (AvgIpc) is 2.68. The number of carbonyl (C=O) groups is 1. The minimum absolute atomic E-state index is 0.0788. The molecule has 7 heteroatoms. The van der Waals surface area contributed by atoms with E-state index in [1.165, 1.54) is 4.90 Å². The second kappa shape index (κ2) is 9.61. The predicted octanol–water partition coefficient (Wildman–Crippen LogP) is 2.34. The van der Waals surface area contributed by atoms with Crippen LogP contribution in [0.3, 0.4) is 0 Å². The first-order valence-corrected chi connectivity index (χ1v) is 10.1. The molecule has 0 amide bonds. The lowest BCUT2D eigenvalue weighted by Gasteiger charge is -2.34. The van der Waals surface area contributed by atoms with Crippen LogP contribution < -0.4 is 14.5 Å². The third-order valence-corrected chi connectivity index (χ3v) is 5.57. The minimum atomic E-state index is -0.594. The van der Waals surface area contributed by atoms with Crippen LogP contribution in [-0.2, 0) is 0 Å². The maximum absolute atomic E-state index is 11.4. The Kier molecular flexibility index (Phi) is 7.18. The molecule has 1 aliphatic rings. The fourth-order valence-electron chi connectivity index (χ4n) is 3.38. The Hall–Kier alpha value is -1.79. The predicted molar refractivity (Wildman–Crippen MR) is 112 cm³/mol. The van der Waals surface area contributed by atoms with E-state index in [2.05, 4.69) is 4.90 Å². The number of quaternary nitrogens is 1. The van der Waals surface area contributed by atoms with E-state index in [-0.39, 0.29) is 12.4 Å². The molecule has 1 fully saturated rings. The van der Waals surface area contributed by atoms with E-state index >= 15 is 0 Å². The SMILES string of the molecule is CC(=O)c1ccc(N2CC[NH+](C[C@H](O)COc3c(Cl)cccc3Cl)CC2)cc1.